The van der Waals surface area contributed by atoms with Gasteiger partial charge in [0.2, 0.25) is 0 Å². The SMILES string of the molecule is CC1(C)CCCC1(CC(=O)O)NC(=O)OCC1c2ccccc2-c2ccccc21. The Morgan fingerprint density at radius 1 is 1.03 bits per heavy atom. The molecule has 0 bridgehead atoms. The fourth-order valence-electron chi connectivity index (χ4n) is 5.10. The summed E-state index contributed by atoms with van der Waals surface area (Å²) < 4.78 is 5.66. The van der Waals surface area contributed by atoms with Gasteiger partial charge in [-0.15, -0.1) is 0 Å². The van der Waals surface area contributed by atoms with Crippen LogP contribution in [0.4, 0.5) is 4.79 Å². The van der Waals surface area contributed by atoms with Gasteiger partial charge in [-0.3, -0.25) is 4.79 Å². The van der Waals surface area contributed by atoms with E-state index in [1.54, 1.807) is 0 Å². The molecule has 1 atom stereocenters. The van der Waals surface area contributed by atoms with Gasteiger partial charge in [0.1, 0.15) is 6.61 Å². The average molecular weight is 393 g/mol. The van der Waals surface area contributed by atoms with Crippen LogP contribution in [0.1, 0.15) is 56.6 Å². The van der Waals surface area contributed by atoms with Gasteiger partial charge in [-0.1, -0.05) is 68.8 Å². The first kappa shape index (κ1) is 19.5. The minimum Gasteiger partial charge on any atom is -0.481 e. The summed E-state index contributed by atoms with van der Waals surface area (Å²) >= 11 is 0. The maximum Gasteiger partial charge on any atom is 0.407 e. The van der Waals surface area contributed by atoms with Crippen LogP contribution >= 0.6 is 0 Å². The molecule has 2 aromatic rings. The number of fused-ring (bicyclic) bond motifs is 3. The number of rotatable bonds is 5. The Hall–Kier alpha value is -2.82. The third-order valence-corrected chi connectivity index (χ3v) is 6.84. The summed E-state index contributed by atoms with van der Waals surface area (Å²) in [5, 5.41) is 12.4. The molecule has 1 unspecified atom stereocenters. The van der Waals surface area contributed by atoms with Gasteiger partial charge in [-0.05, 0) is 40.5 Å². The van der Waals surface area contributed by atoms with Crippen molar-refractivity contribution in [2.75, 3.05) is 6.61 Å². The van der Waals surface area contributed by atoms with Crippen LogP contribution in [-0.2, 0) is 9.53 Å². The second-order valence-corrected chi connectivity index (χ2v) is 8.84. The molecule has 0 spiro atoms. The van der Waals surface area contributed by atoms with Gasteiger partial charge in [-0.25, -0.2) is 4.79 Å². The van der Waals surface area contributed by atoms with Crippen molar-refractivity contribution in [3.63, 3.8) is 0 Å². The Balaban J connectivity index is 1.51. The smallest absolute Gasteiger partial charge is 0.407 e. The summed E-state index contributed by atoms with van der Waals surface area (Å²) in [5.74, 6) is -0.918. The van der Waals surface area contributed by atoms with Crippen molar-refractivity contribution in [1.29, 1.82) is 0 Å². The number of carboxylic acids is 1. The van der Waals surface area contributed by atoms with E-state index in [-0.39, 0.29) is 24.4 Å². The Morgan fingerprint density at radius 3 is 2.14 bits per heavy atom. The van der Waals surface area contributed by atoms with Crippen LogP contribution in [-0.4, -0.2) is 29.3 Å². The predicted molar refractivity (Wildman–Crippen MR) is 111 cm³/mol. The lowest BCUT2D eigenvalue weighted by atomic mass is 9.73. The lowest BCUT2D eigenvalue weighted by Gasteiger charge is -2.41. The van der Waals surface area contributed by atoms with E-state index in [1.165, 1.54) is 11.1 Å². The number of hydrogen-bond donors (Lipinski definition) is 2. The van der Waals surface area contributed by atoms with Crippen LogP contribution in [0.3, 0.4) is 0 Å². The molecule has 0 saturated heterocycles. The molecule has 0 aromatic heterocycles. The summed E-state index contributed by atoms with van der Waals surface area (Å²) in [4.78, 5) is 24.2. The van der Waals surface area contributed by atoms with E-state index in [9.17, 15) is 14.7 Å². The highest BCUT2D eigenvalue weighted by molar-refractivity contribution is 5.79. The first-order valence-corrected chi connectivity index (χ1v) is 10.2. The van der Waals surface area contributed by atoms with E-state index in [4.69, 9.17) is 4.74 Å². The standard InChI is InChI=1S/C24H27NO4/c1-23(2)12-7-13-24(23,14-21(26)27)25-22(28)29-15-20-18-10-5-3-8-16(18)17-9-4-6-11-19(17)20/h3-6,8-11,20H,7,12-15H2,1-2H3,(H,25,28)(H,26,27). The van der Waals surface area contributed by atoms with E-state index in [0.29, 0.717) is 6.42 Å². The van der Waals surface area contributed by atoms with Crippen LogP contribution in [0.25, 0.3) is 11.1 Å². The molecule has 5 heteroatoms. The van der Waals surface area contributed by atoms with Crippen LogP contribution in [0.2, 0.25) is 0 Å². The van der Waals surface area contributed by atoms with Gasteiger partial charge in [0.25, 0.3) is 0 Å². The van der Waals surface area contributed by atoms with Crippen molar-refractivity contribution >= 4 is 12.1 Å². The number of ether oxygens (including phenoxy) is 1. The highest BCUT2D eigenvalue weighted by Gasteiger charge is 2.51. The van der Waals surface area contributed by atoms with Gasteiger partial charge >= 0.3 is 12.1 Å². The Labute approximate surface area is 171 Å². The normalized spacial score (nSPS) is 22.0. The number of nitrogens with one attached hydrogen (secondary N) is 1. The number of alkyl carbamates (subject to hydrolysis) is 1. The molecule has 0 radical (unpaired) electrons. The lowest BCUT2D eigenvalue weighted by molar-refractivity contribution is -0.139. The second-order valence-electron chi connectivity index (χ2n) is 8.84. The molecule has 1 fully saturated rings. The van der Waals surface area contributed by atoms with Gasteiger partial charge in [0.15, 0.2) is 0 Å². The number of amides is 1. The van der Waals surface area contributed by atoms with Crippen LogP contribution in [0.5, 0.6) is 0 Å². The molecule has 1 saturated carbocycles. The average Bonchev–Trinajstić information content (AvgIpc) is 3.14. The van der Waals surface area contributed by atoms with E-state index in [2.05, 4.69) is 29.6 Å². The van der Waals surface area contributed by atoms with E-state index >= 15 is 0 Å². The fraction of sp³-hybridized carbons (Fsp3) is 0.417. The summed E-state index contributed by atoms with van der Waals surface area (Å²) in [6, 6.07) is 16.4. The fourth-order valence-corrected chi connectivity index (χ4v) is 5.10. The van der Waals surface area contributed by atoms with E-state index < -0.39 is 17.6 Å². The Kier molecular flexibility index (Phi) is 4.85. The molecule has 2 aliphatic carbocycles. The number of carbonyl (C=O) groups excluding carboxylic acids is 1. The predicted octanol–water partition coefficient (Wildman–Crippen LogP) is 4.95. The summed E-state index contributed by atoms with van der Waals surface area (Å²) in [6.45, 7) is 4.27. The molecule has 152 valence electrons. The second kappa shape index (κ2) is 7.21. The molecule has 0 aliphatic heterocycles. The Bertz CT molecular complexity index is 906. The number of hydrogen-bond acceptors (Lipinski definition) is 3. The van der Waals surface area contributed by atoms with E-state index in [0.717, 1.165) is 24.0 Å². The Morgan fingerprint density at radius 2 is 1.62 bits per heavy atom. The highest BCUT2D eigenvalue weighted by Crippen LogP contribution is 2.48. The van der Waals surface area contributed by atoms with Gasteiger partial charge in [0.05, 0.1) is 12.0 Å². The van der Waals surface area contributed by atoms with Gasteiger partial charge in [0, 0.05) is 5.92 Å². The van der Waals surface area contributed by atoms with Gasteiger partial charge < -0.3 is 15.2 Å². The zero-order chi connectivity index (χ0) is 20.6. The number of benzene rings is 2. The van der Waals surface area contributed by atoms with Crippen molar-refractivity contribution in [3.05, 3.63) is 59.7 Å². The van der Waals surface area contributed by atoms with E-state index in [1.807, 2.05) is 38.1 Å². The molecule has 29 heavy (non-hydrogen) atoms. The topological polar surface area (TPSA) is 75.6 Å². The zero-order valence-corrected chi connectivity index (χ0v) is 16.9. The minimum absolute atomic E-state index is 0.0137. The molecule has 4 rings (SSSR count). The number of carboxylic acid groups (broad SMARTS) is 1. The quantitative estimate of drug-likeness (QED) is 0.754. The number of carbonyl (C=O) groups is 2. The highest BCUT2D eigenvalue weighted by atomic mass is 16.5. The third-order valence-electron chi connectivity index (χ3n) is 6.84. The molecular formula is C24H27NO4. The molecule has 1 amide bonds. The maximum atomic E-state index is 12.7. The van der Waals surface area contributed by atoms with Crippen molar-refractivity contribution < 1.29 is 19.4 Å². The van der Waals surface area contributed by atoms with Gasteiger partial charge in [-0.2, -0.15) is 0 Å². The van der Waals surface area contributed by atoms with Crippen LogP contribution in [0, 0.1) is 5.41 Å². The lowest BCUT2D eigenvalue weighted by Crippen LogP contribution is -2.56. The van der Waals surface area contributed by atoms with Crippen LogP contribution in [0.15, 0.2) is 48.5 Å². The number of aliphatic carboxylic acids is 1. The van der Waals surface area contributed by atoms with Crippen molar-refractivity contribution in [1.82, 2.24) is 5.32 Å². The largest absolute Gasteiger partial charge is 0.481 e. The minimum atomic E-state index is -0.904. The third kappa shape index (κ3) is 3.39. The zero-order valence-electron chi connectivity index (χ0n) is 16.9. The first-order valence-electron chi connectivity index (χ1n) is 10.2. The maximum absolute atomic E-state index is 12.7. The molecule has 5 nitrogen and oxygen atoms in total. The van der Waals surface area contributed by atoms with Crippen molar-refractivity contribution in [2.45, 2.75) is 51.0 Å². The van der Waals surface area contributed by atoms with Crippen molar-refractivity contribution in [3.8, 4) is 11.1 Å². The molecule has 2 aromatic carbocycles. The molecule has 2 N–H and O–H groups in total. The molecular weight excluding hydrogens is 366 g/mol. The summed E-state index contributed by atoms with van der Waals surface area (Å²) in [6.07, 6.45) is 1.79. The van der Waals surface area contributed by atoms with Crippen LogP contribution < -0.4 is 5.32 Å². The van der Waals surface area contributed by atoms with Crippen molar-refractivity contribution in [2.24, 2.45) is 5.41 Å². The molecule has 2 aliphatic rings. The monoisotopic (exact) mass is 393 g/mol. The summed E-state index contributed by atoms with van der Waals surface area (Å²) in [7, 11) is 0. The molecule has 0 heterocycles. The first-order chi connectivity index (χ1) is 13.8. The summed E-state index contributed by atoms with van der Waals surface area (Å²) in [5.41, 5.74) is 3.59.